The number of carbonyl (C=O) groups excluding carboxylic acids is 1. The van der Waals surface area contributed by atoms with Crippen LogP contribution in [0.3, 0.4) is 0 Å². The molecule has 5 nitrogen and oxygen atoms in total. The first-order valence-electron chi connectivity index (χ1n) is 9.73. The topological polar surface area (TPSA) is 50.2 Å². The van der Waals surface area contributed by atoms with E-state index in [2.05, 4.69) is 39.9 Å². The van der Waals surface area contributed by atoms with Gasteiger partial charge in [0.15, 0.2) is 0 Å². The predicted octanol–water partition coefficient (Wildman–Crippen LogP) is 3.11. The van der Waals surface area contributed by atoms with E-state index in [0.29, 0.717) is 18.2 Å². The molecule has 2 saturated heterocycles. The second-order valence-corrected chi connectivity index (χ2v) is 7.35. The Hall–Kier alpha value is -1.88. The number of amides is 1. The average molecular weight is 340 g/mol. The summed E-state index contributed by atoms with van der Waals surface area (Å²) in [5.74, 6) is 2.05. The van der Waals surface area contributed by atoms with E-state index in [-0.39, 0.29) is 6.04 Å². The van der Waals surface area contributed by atoms with Crippen LogP contribution in [0.25, 0.3) is 11.0 Å². The maximum absolute atomic E-state index is 12.9. The molecule has 0 bridgehead atoms. The molecule has 0 radical (unpaired) electrons. The van der Waals surface area contributed by atoms with E-state index < -0.39 is 0 Å². The lowest BCUT2D eigenvalue weighted by Crippen LogP contribution is -2.32. The molecule has 1 aromatic heterocycles. The van der Waals surface area contributed by atoms with E-state index in [9.17, 15) is 4.79 Å². The normalized spacial score (nSPS) is 23.6. The molecule has 2 atom stereocenters. The number of rotatable bonds is 5. The number of benzene rings is 1. The fraction of sp³-hybridized carbons (Fsp3) is 0.600. The molecular weight excluding hydrogens is 312 g/mol. The molecule has 0 saturated carbocycles. The molecular formula is C20H28N4O. The number of imidazole rings is 1. The number of hydrogen-bond donors (Lipinski definition) is 1. The van der Waals surface area contributed by atoms with Gasteiger partial charge in [0.05, 0.1) is 17.1 Å². The summed E-state index contributed by atoms with van der Waals surface area (Å²) in [6.45, 7) is 6.10. The standard InChI is InChI=1S/C20H28N4O/c1-2-23-17-7-4-3-6-16(17)22-20(23)18-8-5-13-24(18)19(25)10-9-15-11-12-21-14-15/h3-4,6-7,15,18,21H,2,5,8-14H2,1H3. The van der Waals surface area contributed by atoms with Gasteiger partial charge in [-0.25, -0.2) is 4.98 Å². The quantitative estimate of drug-likeness (QED) is 0.910. The molecule has 2 fully saturated rings. The molecule has 2 unspecified atom stereocenters. The monoisotopic (exact) mass is 340 g/mol. The Labute approximate surface area is 149 Å². The van der Waals surface area contributed by atoms with Crippen LogP contribution in [0.1, 0.15) is 50.9 Å². The number of nitrogens with one attached hydrogen (secondary N) is 1. The zero-order valence-electron chi connectivity index (χ0n) is 15.1. The highest BCUT2D eigenvalue weighted by Gasteiger charge is 2.33. The van der Waals surface area contributed by atoms with Crippen molar-refractivity contribution in [3.63, 3.8) is 0 Å². The summed E-state index contributed by atoms with van der Waals surface area (Å²) < 4.78 is 2.28. The van der Waals surface area contributed by atoms with Crippen molar-refractivity contribution in [2.45, 2.75) is 51.6 Å². The summed E-state index contributed by atoms with van der Waals surface area (Å²) in [5, 5.41) is 3.39. The molecule has 1 N–H and O–H groups in total. The first-order valence-corrected chi connectivity index (χ1v) is 9.73. The highest BCUT2D eigenvalue weighted by atomic mass is 16.2. The van der Waals surface area contributed by atoms with Crippen LogP contribution in [-0.4, -0.2) is 40.0 Å². The third-order valence-corrected chi connectivity index (χ3v) is 5.80. The fourth-order valence-electron chi connectivity index (χ4n) is 4.45. The lowest BCUT2D eigenvalue weighted by molar-refractivity contribution is -0.132. The van der Waals surface area contributed by atoms with Crippen LogP contribution in [-0.2, 0) is 11.3 Å². The zero-order valence-corrected chi connectivity index (χ0v) is 15.1. The number of aryl methyl sites for hydroxylation is 1. The van der Waals surface area contributed by atoms with Crippen LogP contribution in [0.2, 0.25) is 0 Å². The van der Waals surface area contributed by atoms with Crippen LogP contribution < -0.4 is 5.32 Å². The molecule has 2 aliphatic heterocycles. The van der Waals surface area contributed by atoms with Crippen molar-refractivity contribution in [3.8, 4) is 0 Å². The van der Waals surface area contributed by atoms with Gasteiger partial charge in [0.25, 0.3) is 0 Å². The van der Waals surface area contributed by atoms with E-state index in [4.69, 9.17) is 4.98 Å². The molecule has 25 heavy (non-hydrogen) atoms. The highest BCUT2D eigenvalue weighted by Crippen LogP contribution is 2.34. The molecule has 134 valence electrons. The van der Waals surface area contributed by atoms with Crippen molar-refractivity contribution in [1.29, 1.82) is 0 Å². The van der Waals surface area contributed by atoms with Crippen molar-refractivity contribution >= 4 is 16.9 Å². The van der Waals surface area contributed by atoms with Crippen LogP contribution in [0, 0.1) is 5.92 Å². The molecule has 0 spiro atoms. The second-order valence-electron chi connectivity index (χ2n) is 7.35. The lowest BCUT2D eigenvalue weighted by atomic mass is 10.0. The molecule has 4 rings (SSSR count). The summed E-state index contributed by atoms with van der Waals surface area (Å²) in [6, 6.07) is 8.43. The van der Waals surface area contributed by atoms with Crippen molar-refractivity contribution in [2.24, 2.45) is 5.92 Å². The maximum Gasteiger partial charge on any atom is 0.223 e. The molecule has 2 aliphatic rings. The Morgan fingerprint density at radius 1 is 1.32 bits per heavy atom. The molecule has 1 aromatic carbocycles. The molecule has 0 aliphatic carbocycles. The van der Waals surface area contributed by atoms with Gasteiger partial charge in [-0.3, -0.25) is 4.79 Å². The Balaban J connectivity index is 1.53. The summed E-state index contributed by atoms with van der Waals surface area (Å²) in [6.07, 6.45) is 5.01. The Kier molecular flexibility index (Phi) is 4.75. The van der Waals surface area contributed by atoms with Crippen LogP contribution in [0.15, 0.2) is 24.3 Å². The minimum Gasteiger partial charge on any atom is -0.333 e. The number of likely N-dealkylation sites (tertiary alicyclic amines) is 1. The molecule has 2 aromatic rings. The number of hydrogen-bond acceptors (Lipinski definition) is 3. The number of fused-ring (bicyclic) bond motifs is 1. The minimum atomic E-state index is 0.140. The first-order chi connectivity index (χ1) is 12.3. The van der Waals surface area contributed by atoms with Crippen LogP contribution in [0.4, 0.5) is 0 Å². The first kappa shape index (κ1) is 16.6. The van der Waals surface area contributed by atoms with Gasteiger partial charge in [-0.2, -0.15) is 0 Å². The second kappa shape index (κ2) is 7.16. The molecule has 5 heteroatoms. The van der Waals surface area contributed by atoms with Gasteiger partial charge in [0.2, 0.25) is 5.91 Å². The van der Waals surface area contributed by atoms with E-state index in [1.165, 1.54) is 11.9 Å². The highest BCUT2D eigenvalue weighted by molar-refractivity contribution is 5.78. The minimum absolute atomic E-state index is 0.140. The lowest BCUT2D eigenvalue weighted by Gasteiger charge is -2.25. The fourth-order valence-corrected chi connectivity index (χ4v) is 4.45. The summed E-state index contributed by atoms with van der Waals surface area (Å²) >= 11 is 0. The predicted molar refractivity (Wildman–Crippen MR) is 99.3 cm³/mol. The van der Waals surface area contributed by atoms with Crippen molar-refractivity contribution in [3.05, 3.63) is 30.1 Å². The number of para-hydroxylation sites is 2. The maximum atomic E-state index is 12.9. The van der Waals surface area contributed by atoms with E-state index in [1.807, 2.05) is 6.07 Å². The smallest absolute Gasteiger partial charge is 0.223 e. The summed E-state index contributed by atoms with van der Waals surface area (Å²) in [7, 11) is 0. The van der Waals surface area contributed by atoms with E-state index >= 15 is 0 Å². The third kappa shape index (κ3) is 3.17. The van der Waals surface area contributed by atoms with Gasteiger partial charge in [0.1, 0.15) is 5.82 Å². The largest absolute Gasteiger partial charge is 0.333 e. The zero-order chi connectivity index (χ0) is 17.2. The van der Waals surface area contributed by atoms with Gasteiger partial charge >= 0.3 is 0 Å². The Bertz CT molecular complexity index is 747. The number of nitrogens with zero attached hydrogens (tertiary/aromatic N) is 3. The van der Waals surface area contributed by atoms with Gasteiger partial charge in [0, 0.05) is 19.5 Å². The van der Waals surface area contributed by atoms with Crippen molar-refractivity contribution in [1.82, 2.24) is 19.8 Å². The molecule has 1 amide bonds. The molecule has 3 heterocycles. The van der Waals surface area contributed by atoms with Gasteiger partial charge in [-0.1, -0.05) is 12.1 Å². The van der Waals surface area contributed by atoms with Crippen LogP contribution >= 0.6 is 0 Å². The number of aromatic nitrogens is 2. The van der Waals surface area contributed by atoms with Crippen LogP contribution in [0.5, 0.6) is 0 Å². The number of carbonyl (C=O) groups is 1. The summed E-state index contributed by atoms with van der Waals surface area (Å²) in [5.41, 5.74) is 2.21. The Morgan fingerprint density at radius 3 is 3.00 bits per heavy atom. The van der Waals surface area contributed by atoms with E-state index in [0.717, 1.165) is 56.8 Å². The SMILES string of the molecule is CCn1c(C2CCCN2C(=O)CCC2CCNC2)nc2ccccc21. The Morgan fingerprint density at radius 2 is 2.20 bits per heavy atom. The van der Waals surface area contributed by atoms with Gasteiger partial charge < -0.3 is 14.8 Å². The van der Waals surface area contributed by atoms with Gasteiger partial charge in [-0.05, 0) is 63.7 Å². The van der Waals surface area contributed by atoms with E-state index in [1.54, 1.807) is 0 Å². The van der Waals surface area contributed by atoms with Crippen molar-refractivity contribution in [2.75, 3.05) is 19.6 Å². The van der Waals surface area contributed by atoms with Crippen molar-refractivity contribution < 1.29 is 4.79 Å². The van der Waals surface area contributed by atoms with Gasteiger partial charge in [-0.15, -0.1) is 0 Å². The summed E-state index contributed by atoms with van der Waals surface area (Å²) in [4.78, 5) is 19.9. The average Bonchev–Trinajstić information content (AvgIpc) is 3.37. The third-order valence-electron chi connectivity index (χ3n) is 5.80.